The Morgan fingerprint density at radius 3 is 0.565 bits per heavy atom. The van der Waals surface area contributed by atoms with Crippen LogP contribution in [-0.4, -0.2) is 31.5 Å². The molecule has 5 aliphatic rings. The summed E-state index contributed by atoms with van der Waals surface area (Å²) in [6.07, 6.45) is 0. The van der Waals surface area contributed by atoms with Gasteiger partial charge in [-0.25, -0.2) is 4.79 Å². The zero-order valence-electron chi connectivity index (χ0n) is 49.0. The first-order valence-electron chi connectivity index (χ1n) is 33.2. The van der Waals surface area contributed by atoms with E-state index in [2.05, 4.69) is 93.6 Å². The second kappa shape index (κ2) is 9.71. The fourth-order valence-corrected chi connectivity index (χ4v) is 34.0. The summed E-state index contributed by atoms with van der Waals surface area (Å²) in [5.41, 5.74) is 4.65. The molecule has 5 heteroatoms. The van der Waals surface area contributed by atoms with Crippen LogP contribution in [0.5, 0.6) is 0 Å². The molecule has 0 atom stereocenters. The van der Waals surface area contributed by atoms with Crippen LogP contribution < -0.4 is 15.9 Å². The maximum absolute atomic E-state index is 18.5. The van der Waals surface area contributed by atoms with Gasteiger partial charge in [-0.1, -0.05) is 89.5 Å². The van der Waals surface area contributed by atoms with Crippen molar-refractivity contribution >= 4 is 331 Å². The van der Waals surface area contributed by atoms with Crippen molar-refractivity contribution < 1.29 is 19.1 Å². The highest BCUT2D eigenvalue weighted by molar-refractivity contribution is 7.96. The molecule has 31 aromatic carbocycles. The molecule has 0 aromatic heterocycles. The molecule has 5 aliphatic carbocycles. The Hall–Kier alpha value is -10.6. The molecule has 404 valence electrons. The minimum atomic E-state index is -3.60. The largest absolute Gasteiger partial charge is 0.468 e. The molecule has 0 N–H and O–H groups in total. The summed E-state index contributed by atoms with van der Waals surface area (Å²) >= 11 is 0. The molecule has 92 heavy (non-hydrogen) atoms. The third-order valence-electron chi connectivity index (χ3n) is 30.2. The van der Waals surface area contributed by atoms with Crippen LogP contribution in [0.15, 0.2) is 72.8 Å². The van der Waals surface area contributed by atoms with Gasteiger partial charge in [-0.2, -0.15) is 0 Å². The molecule has 1 fully saturated rings. The lowest BCUT2D eigenvalue weighted by Crippen LogP contribution is -2.46. The predicted molar refractivity (Wildman–Crippen MR) is 385 cm³/mol. The molecule has 0 saturated heterocycles. The number of carbonyl (C=O) groups is 2. The Bertz CT molecular complexity index is 8140. The second-order valence-corrected chi connectivity index (χ2v) is 34.8. The van der Waals surface area contributed by atoms with Crippen molar-refractivity contribution in [2.45, 2.75) is 31.6 Å². The minimum absolute atomic E-state index is 0.316. The second-order valence-electron chi connectivity index (χ2n) is 31.5. The number of methoxy groups -OCH3 is 2. The third-order valence-corrected chi connectivity index (χ3v) is 34.6. The molecule has 0 radical (unpaired) electrons. The summed E-state index contributed by atoms with van der Waals surface area (Å²) in [5.74, 6) is -0.731. The van der Waals surface area contributed by atoms with E-state index in [-0.39, 0.29) is 5.97 Å². The minimum Gasteiger partial charge on any atom is -0.468 e. The van der Waals surface area contributed by atoms with Crippen LogP contribution in [-0.2, 0) is 29.9 Å². The van der Waals surface area contributed by atoms with E-state index in [1.54, 1.807) is 68.1 Å². The normalized spacial score (nSPS) is 21.3. The molecule has 4 nitrogen and oxygen atoms in total. The number of rotatable bonds is 6. The smallest absolute Gasteiger partial charge is 0.336 e. The summed E-state index contributed by atoms with van der Waals surface area (Å²) in [7, 11) is 3.27. The van der Waals surface area contributed by atoms with Crippen molar-refractivity contribution in [3.63, 3.8) is 0 Å². The first kappa shape index (κ1) is 39.5. The molecule has 31 aromatic rings. The van der Waals surface area contributed by atoms with E-state index in [9.17, 15) is 0 Å². The van der Waals surface area contributed by atoms with Gasteiger partial charge in [-0.15, -0.1) is 0 Å². The van der Waals surface area contributed by atoms with Gasteiger partial charge in [0.15, 0.2) is 0 Å². The van der Waals surface area contributed by atoms with Crippen molar-refractivity contribution in [2.75, 3.05) is 14.2 Å². The van der Waals surface area contributed by atoms with Crippen LogP contribution in [0.4, 0.5) is 0 Å². The highest BCUT2D eigenvalue weighted by atomic mass is 31.2. The highest BCUT2D eigenvalue weighted by Gasteiger charge is 3.00. The summed E-state index contributed by atoms with van der Waals surface area (Å²) in [6.45, 7) is 2.90. The summed E-state index contributed by atoms with van der Waals surface area (Å²) in [4.78, 5) is 36.3. The van der Waals surface area contributed by atoms with Gasteiger partial charge in [0, 0.05) is 0 Å². The molecule has 1 saturated carbocycles. The maximum atomic E-state index is 18.5. The number of aryl methyl sites for hydroxylation is 3. The SMILES string of the molecule is COC(=O)C(C1(C(=O)OC)C23c4c5c6c7c8c9c(c%10c%11c2c2c4c4c%12c5c5c6c6c8c8c%13c9c9c%10c%10c%11c%11c2c2c4c4c%12c%12c5c5c6c8c6c8c%13c9c9c%10c%10c%11c2c2c4c4c%12c5c6c5c8c9c%10c2c45)C713)=P(c1ccc(C)cc1)(c1ccc(C)cc1)c1ccc(C)cc1. The maximum Gasteiger partial charge on any atom is 0.336 e. The number of esters is 2. The molecular weight excluding hydrogens is 1140 g/mol. The number of benzene rings is 21. The lowest BCUT2D eigenvalue weighted by molar-refractivity contribution is -0.146. The van der Waals surface area contributed by atoms with Crippen LogP contribution in [0.25, 0.3) is 291 Å². The van der Waals surface area contributed by atoms with Crippen molar-refractivity contribution in [1.82, 2.24) is 0 Å². The molecular formula is C87H27O4P. The van der Waals surface area contributed by atoms with E-state index in [4.69, 9.17) is 9.47 Å². The van der Waals surface area contributed by atoms with Gasteiger partial charge >= 0.3 is 11.9 Å². The fourth-order valence-electron chi connectivity index (χ4n) is 29.3. The van der Waals surface area contributed by atoms with Crippen molar-refractivity contribution in [1.29, 1.82) is 0 Å². The lowest BCUT2D eigenvalue weighted by Gasteiger charge is -2.36. The monoisotopic (exact) mass is 1170 g/mol. The van der Waals surface area contributed by atoms with Gasteiger partial charge in [0.1, 0.15) is 5.41 Å². The van der Waals surface area contributed by atoms with Gasteiger partial charge in [0.05, 0.1) is 30.3 Å². The van der Waals surface area contributed by atoms with Crippen LogP contribution in [0, 0.1) is 26.2 Å². The number of carbonyl (C=O) groups excluding carboxylic acids is 2. The standard InChI is InChI=1S/C87H27O4P/c1-18-6-12-21(13-7-18)92(22-14-8-19(2)9-15-22,23-16-10-20(3)11-17-23)82(83(88)90-4)87(84(89)91-5)85-78-70-62-52-42-34-26-24-25-28-32-30(26)38-46-40(32)50-44-36(28)37-29(25)33-31-27(24)35(34)43-49-39(31)47-41(33)51-45(37)55-54(44)64-58(50)68-60(46)66(56(62)48(38)42)74(78)76(68)80-72(64)73-65(55)59(51)69-61(47)67-57(49)63(53(43)52)71(70)79(85)75(67)77(69)81(73)86(80,85)87/h6-17H,1-5H3. The van der Waals surface area contributed by atoms with E-state index in [0.717, 1.165) is 32.6 Å². The molecule has 0 unspecified atom stereocenters. The molecule has 2 spiro atoms. The van der Waals surface area contributed by atoms with E-state index in [1.165, 1.54) is 259 Å². The lowest BCUT2D eigenvalue weighted by atomic mass is 9.68. The molecule has 36 rings (SSSR count). The van der Waals surface area contributed by atoms with E-state index in [0.29, 0.717) is 5.29 Å². The highest BCUT2D eigenvalue weighted by Crippen LogP contribution is 2.97. The molecule has 0 amide bonds. The first-order chi connectivity index (χ1) is 45.3. The molecule has 0 bridgehead atoms. The number of ether oxygens (including phenoxy) is 2. The Morgan fingerprint density at radius 2 is 0.413 bits per heavy atom. The van der Waals surface area contributed by atoms with Gasteiger partial charge < -0.3 is 9.47 Å². The van der Waals surface area contributed by atoms with Gasteiger partial charge in [0.2, 0.25) is 0 Å². The zero-order chi connectivity index (χ0) is 57.6. The Balaban J connectivity index is 0.998. The van der Waals surface area contributed by atoms with Crippen LogP contribution in [0.3, 0.4) is 0 Å². The number of hydrogen-bond acceptors (Lipinski definition) is 4. The van der Waals surface area contributed by atoms with Crippen molar-refractivity contribution in [2.24, 2.45) is 5.41 Å². The quantitative estimate of drug-likeness (QED) is 0.0946. The van der Waals surface area contributed by atoms with Crippen LogP contribution in [0.2, 0.25) is 0 Å². The Kier molecular flexibility index (Phi) is 4.16. The average Bonchev–Trinajstić information content (AvgIpc) is 1.35. The first-order valence-corrected chi connectivity index (χ1v) is 35.0. The molecule has 0 heterocycles. The number of hydrogen-bond donors (Lipinski definition) is 0. The predicted octanol–water partition coefficient (Wildman–Crippen LogP) is 19.7. The summed E-state index contributed by atoms with van der Waals surface area (Å²) < 4.78 is 13.9. The van der Waals surface area contributed by atoms with Gasteiger partial charge in [-0.05, 0) is 357 Å². The average molecular weight is 1170 g/mol. The van der Waals surface area contributed by atoms with E-state index < -0.39 is 29.1 Å². The summed E-state index contributed by atoms with van der Waals surface area (Å²) in [6, 6.07) is 27.3. The summed E-state index contributed by atoms with van der Waals surface area (Å²) in [5, 5.41) is 83.6. The Labute approximate surface area is 509 Å². The fraction of sp³-hybridized carbons (Fsp3) is 0.0920. The van der Waals surface area contributed by atoms with E-state index >= 15 is 9.59 Å². The van der Waals surface area contributed by atoms with Crippen LogP contribution in [0.1, 0.15) is 38.9 Å². The third kappa shape index (κ3) is 2.38. The topological polar surface area (TPSA) is 52.6 Å². The Morgan fingerprint density at radius 1 is 0.250 bits per heavy atom. The van der Waals surface area contributed by atoms with Crippen LogP contribution >= 0.6 is 6.89 Å². The van der Waals surface area contributed by atoms with Gasteiger partial charge in [-0.3, -0.25) is 4.79 Å². The van der Waals surface area contributed by atoms with E-state index in [1.807, 2.05) is 0 Å². The molecule has 0 aliphatic heterocycles. The van der Waals surface area contributed by atoms with Crippen molar-refractivity contribution in [3.8, 4) is 0 Å². The zero-order valence-corrected chi connectivity index (χ0v) is 49.9. The van der Waals surface area contributed by atoms with Crippen molar-refractivity contribution in [3.05, 3.63) is 112 Å². The van der Waals surface area contributed by atoms with Gasteiger partial charge in [0.25, 0.3) is 0 Å².